The number of fused-ring (bicyclic) bond motifs is 1. The van der Waals surface area contributed by atoms with Crippen molar-refractivity contribution in [1.29, 1.82) is 0 Å². The number of benzene rings is 1. The monoisotopic (exact) mass is 382 g/mol. The first-order chi connectivity index (χ1) is 12.4. The molecule has 26 heavy (non-hydrogen) atoms. The summed E-state index contributed by atoms with van der Waals surface area (Å²) >= 11 is 0. The highest BCUT2D eigenvalue weighted by atomic mass is 32.2. The molecule has 0 spiro atoms. The highest BCUT2D eigenvalue weighted by Crippen LogP contribution is 2.31. The highest BCUT2D eigenvalue weighted by Gasteiger charge is 2.33. The van der Waals surface area contributed by atoms with Gasteiger partial charge in [0, 0.05) is 12.0 Å². The molecule has 0 aliphatic carbocycles. The van der Waals surface area contributed by atoms with E-state index in [4.69, 9.17) is 8.92 Å². The molecular formula is C18H26N2O5S. The Kier molecular flexibility index (Phi) is 6.03. The lowest BCUT2D eigenvalue weighted by Crippen LogP contribution is -2.49. The zero-order chi connectivity index (χ0) is 18.6. The van der Waals surface area contributed by atoms with E-state index in [-0.39, 0.29) is 18.3 Å². The maximum absolute atomic E-state index is 12.0. The number of piperidine rings is 2. The van der Waals surface area contributed by atoms with E-state index in [1.54, 1.807) is 12.1 Å². The average molecular weight is 382 g/mol. The van der Waals surface area contributed by atoms with Crippen LogP contribution in [0, 0.1) is 12.8 Å². The third-order valence-corrected chi connectivity index (χ3v) is 5.89. The van der Waals surface area contributed by atoms with E-state index in [9.17, 15) is 13.2 Å². The van der Waals surface area contributed by atoms with E-state index in [2.05, 4.69) is 4.90 Å². The normalized spacial score (nSPS) is 23.7. The molecule has 7 nitrogen and oxygen atoms in total. The van der Waals surface area contributed by atoms with Gasteiger partial charge in [0.2, 0.25) is 0 Å². The van der Waals surface area contributed by atoms with Gasteiger partial charge in [0.15, 0.2) is 0 Å². The topological polar surface area (TPSA) is 84.9 Å². The summed E-state index contributed by atoms with van der Waals surface area (Å²) in [7, 11) is -4.26. The molecule has 2 aliphatic rings. The van der Waals surface area contributed by atoms with Crippen LogP contribution in [0.5, 0.6) is 5.75 Å². The van der Waals surface area contributed by atoms with Gasteiger partial charge >= 0.3 is 16.4 Å². The molecule has 1 aromatic carbocycles. The van der Waals surface area contributed by atoms with Gasteiger partial charge in [-0.1, -0.05) is 18.6 Å². The molecular weight excluding hydrogens is 356 g/mol. The minimum atomic E-state index is -4.26. The molecule has 1 amide bonds. The Hall–Kier alpha value is -1.80. The summed E-state index contributed by atoms with van der Waals surface area (Å²) in [5.74, 6) is 0.408. The van der Waals surface area contributed by atoms with Gasteiger partial charge in [-0.3, -0.25) is 4.90 Å². The molecule has 0 radical (unpaired) electrons. The first-order valence-electron chi connectivity index (χ1n) is 9.13. The second-order valence-electron chi connectivity index (χ2n) is 7.06. The number of carbonyl (C=O) groups excluding carboxylic acids is 1. The minimum Gasteiger partial charge on any atom is -0.448 e. The van der Waals surface area contributed by atoms with Crippen LogP contribution in [0.2, 0.25) is 0 Å². The first kappa shape index (κ1) is 19.0. The van der Waals surface area contributed by atoms with E-state index < -0.39 is 16.4 Å². The van der Waals surface area contributed by atoms with Crippen molar-refractivity contribution in [2.45, 2.75) is 45.1 Å². The van der Waals surface area contributed by atoms with Crippen LogP contribution < -0.4 is 8.91 Å². The lowest BCUT2D eigenvalue weighted by atomic mass is 9.84. The molecule has 0 bridgehead atoms. The maximum atomic E-state index is 12.0. The largest absolute Gasteiger partial charge is 0.448 e. The van der Waals surface area contributed by atoms with Gasteiger partial charge in [0.05, 0.1) is 6.61 Å². The van der Waals surface area contributed by atoms with Crippen molar-refractivity contribution in [3.05, 3.63) is 29.8 Å². The van der Waals surface area contributed by atoms with Crippen molar-refractivity contribution in [2.24, 2.45) is 5.92 Å². The Morgan fingerprint density at radius 1 is 1.23 bits per heavy atom. The van der Waals surface area contributed by atoms with Crippen LogP contribution in [0.3, 0.4) is 0 Å². The molecule has 2 saturated heterocycles. The van der Waals surface area contributed by atoms with Gasteiger partial charge in [-0.05, 0) is 63.4 Å². The van der Waals surface area contributed by atoms with E-state index in [0.29, 0.717) is 6.04 Å². The Morgan fingerprint density at radius 3 is 2.85 bits per heavy atom. The lowest BCUT2D eigenvalue weighted by Gasteiger charge is -2.44. The SMILES string of the molecule is Cc1cccc(OS(=O)(=O)NC(=O)OC[C@H]2CCCN3CCCC[C@@H]23)c1. The van der Waals surface area contributed by atoms with E-state index >= 15 is 0 Å². The smallest absolute Gasteiger partial charge is 0.423 e. The second kappa shape index (κ2) is 8.26. The summed E-state index contributed by atoms with van der Waals surface area (Å²) < 4.78 is 35.8. The number of nitrogens with zero attached hydrogens (tertiary/aromatic N) is 1. The molecule has 1 aromatic rings. The van der Waals surface area contributed by atoms with Crippen LogP contribution in [-0.2, 0) is 15.0 Å². The van der Waals surface area contributed by atoms with Gasteiger partial charge in [-0.25, -0.2) is 4.79 Å². The van der Waals surface area contributed by atoms with Gasteiger partial charge in [-0.15, -0.1) is 0 Å². The Balaban J connectivity index is 1.50. The number of nitrogens with one attached hydrogen (secondary N) is 1. The van der Waals surface area contributed by atoms with Gasteiger partial charge in [0.1, 0.15) is 5.75 Å². The molecule has 2 atom stereocenters. The molecule has 2 aliphatic heterocycles. The molecule has 2 heterocycles. The van der Waals surface area contributed by atoms with Crippen molar-refractivity contribution in [2.75, 3.05) is 19.7 Å². The van der Waals surface area contributed by atoms with Crippen LogP contribution in [0.25, 0.3) is 0 Å². The highest BCUT2D eigenvalue weighted by molar-refractivity contribution is 7.85. The fraction of sp³-hybridized carbons (Fsp3) is 0.611. The summed E-state index contributed by atoms with van der Waals surface area (Å²) in [5, 5.41) is 0. The summed E-state index contributed by atoms with van der Waals surface area (Å²) in [5.41, 5.74) is 0.856. The van der Waals surface area contributed by atoms with Gasteiger partial charge in [-0.2, -0.15) is 13.1 Å². The fourth-order valence-corrected chi connectivity index (χ4v) is 4.56. The molecule has 3 rings (SSSR count). The summed E-state index contributed by atoms with van der Waals surface area (Å²) in [6, 6.07) is 7.02. The lowest BCUT2D eigenvalue weighted by molar-refractivity contribution is 0.0244. The van der Waals surface area contributed by atoms with Crippen LogP contribution in [0.1, 0.15) is 37.7 Å². The van der Waals surface area contributed by atoms with Crippen molar-refractivity contribution in [3.8, 4) is 5.75 Å². The molecule has 0 aromatic heterocycles. The Morgan fingerprint density at radius 2 is 2.04 bits per heavy atom. The number of amides is 1. The third kappa shape index (κ3) is 5.11. The van der Waals surface area contributed by atoms with Gasteiger partial charge in [0.25, 0.3) is 0 Å². The third-order valence-electron chi connectivity index (χ3n) is 5.06. The molecule has 0 unspecified atom stereocenters. The number of aryl methyl sites for hydroxylation is 1. The van der Waals surface area contributed by atoms with Crippen LogP contribution in [0.15, 0.2) is 24.3 Å². The van der Waals surface area contributed by atoms with Gasteiger partial charge < -0.3 is 8.92 Å². The predicted octanol–water partition coefficient (Wildman–Crippen LogP) is 2.61. The number of hydrogen-bond donors (Lipinski definition) is 1. The first-order valence-corrected chi connectivity index (χ1v) is 10.5. The molecule has 2 fully saturated rings. The quantitative estimate of drug-likeness (QED) is 0.843. The van der Waals surface area contributed by atoms with Crippen LogP contribution >= 0.6 is 0 Å². The summed E-state index contributed by atoms with van der Waals surface area (Å²) in [6.07, 6.45) is 4.62. The summed E-state index contributed by atoms with van der Waals surface area (Å²) in [4.78, 5) is 14.4. The van der Waals surface area contributed by atoms with Crippen molar-refractivity contribution < 1.29 is 22.1 Å². The van der Waals surface area contributed by atoms with Crippen molar-refractivity contribution >= 4 is 16.4 Å². The van der Waals surface area contributed by atoms with E-state index in [1.807, 2.05) is 17.7 Å². The fourth-order valence-electron chi connectivity index (χ4n) is 3.90. The number of ether oxygens (including phenoxy) is 1. The van der Waals surface area contributed by atoms with Crippen molar-refractivity contribution in [1.82, 2.24) is 9.62 Å². The molecule has 144 valence electrons. The Bertz CT molecular complexity index is 735. The number of rotatable bonds is 5. The van der Waals surface area contributed by atoms with Crippen LogP contribution in [-0.4, -0.2) is 45.1 Å². The minimum absolute atomic E-state index is 0.149. The zero-order valence-corrected chi connectivity index (χ0v) is 15.8. The second-order valence-corrected chi connectivity index (χ2v) is 8.33. The number of hydrogen-bond acceptors (Lipinski definition) is 6. The molecule has 1 N–H and O–H groups in total. The molecule has 8 heteroatoms. The maximum Gasteiger partial charge on any atom is 0.423 e. The van der Waals surface area contributed by atoms with Crippen molar-refractivity contribution in [3.63, 3.8) is 0 Å². The zero-order valence-electron chi connectivity index (χ0n) is 15.0. The molecule has 0 saturated carbocycles. The van der Waals surface area contributed by atoms with E-state index in [0.717, 1.165) is 37.9 Å². The average Bonchev–Trinajstić information content (AvgIpc) is 2.59. The predicted molar refractivity (Wildman–Crippen MR) is 97.1 cm³/mol. The van der Waals surface area contributed by atoms with E-state index in [1.165, 1.54) is 18.9 Å². The Labute approximate surface area is 154 Å². The standard InChI is InChI=1S/C18H26N2O5S/c1-14-6-4-8-16(12-14)25-26(22,23)19-18(21)24-13-15-7-5-11-20-10-3-2-9-17(15)20/h4,6,8,12,15,17H,2-3,5,7,9-11,13H2,1H3,(H,19,21)/t15-,17+/m1/s1. The number of carbonyl (C=O) groups is 1. The summed E-state index contributed by atoms with van der Waals surface area (Å²) in [6.45, 7) is 4.25. The van der Waals surface area contributed by atoms with Crippen LogP contribution in [0.4, 0.5) is 4.79 Å².